The smallest absolute Gasteiger partial charge is 0.244 e. The lowest BCUT2D eigenvalue weighted by Gasteiger charge is -2.13. The van der Waals surface area contributed by atoms with E-state index < -0.39 is 0 Å². The van der Waals surface area contributed by atoms with Gasteiger partial charge in [-0.15, -0.1) is 5.10 Å². The summed E-state index contributed by atoms with van der Waals surface area (Å²) in [5.74, 6) is 2.56. The van der Waals surface area contributed by atoms with Gasteiger partial charge in [-0.1, -0.05) is 30.3 Å². The Bertz CT molecular complexity index is 792. The maximum Gasteiger partial charge on any atom is 0.244 e. The van der Waals surface area contributed by atoms with Crippen LogP contribution in [0.4, 0.5) is 17.5 Å². The van der Waals surface area contributed by atoms with Gasteiger partial charge in [-0.3, -0.25) is 0 Å². The predicted octanol–water partition coefficient (Wildman–Crippen LogP) is 4.23. The topological polar surface area (TPSA) is 72.0 Å². The molecule has 1 aromatic heterocycles. The number of hydrogen-bond donors (Lipinski definition) is 2. The van der Waals surface area contributed by atoms with Gasteiger partial charge in [-0.2, -0.15) is 10.1 Å². The van der Waals surface area contributed by atoms with Crippen molar-refractivity contribution >= 4 is 17.5 Å². The van der Waals surface area contributed by atoms with Gasteiger partial charge in [-0.25, -0.2) is 0 Å². The van der Waals surface area contributed by atoms with Gasteiger partial charge in [0.15, 0.2) is 11.6 Å². The van der Waals surface area contributed by atoms with Crippen molar-refractivity contribution in [2.24, 2.45) is 0 Å². The van der Waals surface area contributed by atoms with Gasteiger partial charge in [-0.05, 0) is 38.1 Å². The van der Waals surface area contributed by atoms with E-state index in [0.29, 0.717) is 17.5 Å². The second kappa shape index (κ2) is 7.41. The molecule has 0 fully saturated rings. The van der Waals surface area contributed by atoms with Crippen molar-refractivity contribution < 1.29 is 4.74 Å². The number of aromatic nitrogens is 3. The molecule has 0 aliphatic rings. The van der Waals surface area contributed by atoms with Crippen LogP contribution in [0.3, 0.4) is 0 Å². The molecule has 24 heavy (non-hydrogen) atoms. The van der Waals surface area contributed by atoms with Gasteiger partial charge >= 0.3 is 0 Å². The van der Waals surface area contributed by atoms with E-state index in [1.807, 2.05) is 68.4 Å². The van der Waals surface area contributed by atoms with Crippen molar-refractivity contribution in [3.05, 3.63) is 60.8 Å². The molecule has 0 atom stereocenters. The lowest BCUT2D eigenvalue weighted by Crippen LogP contribution is -2.13. The first-order valence-corrected chi connectivity index (χ1v) is 7.76. The van der Waals surface area contributed by atoms with E-state index >= 15 is 0 Å². The molecule has 0 spiro atoms. The average molecular weight is 321 g/mol. The fourth-order valence-electron chi connectivity index (χ4n) is 2.10. The van der Waals surface area contributed by atoms with Crippen LogP contribution >= 0.6 is 0 Å². The number of para-hydroxylation sites is 3. The quantitative estimate of drug-likeness (QED) is 0.708. The van der Waals surface area contributed by atoms with Gasteiger partial charge in [0.25, 0.3) is 0 Å². The monoisotopic (exact) mass is 321 g/mol. The highest BCUT2D eigenvalue weighted by atomic mass is 16.5. The van der Waals surface area contributed by atoms with Crippen molar-refractivity contribution in [3.8, 4) is 11.5 Å². The van der Waals surface area contributed by atoms with Crippen LogP contribution in [0.15, 0.2) is 60.8 Å². The minimum absolute atomic E-state index is 0.232. The molecule has 2 N–H and O–H groups in total. The summed E-state index contributed by atoms with van der Waals surface area (Å²) in [6, 6.07) is 17.6. The first-order valence-electron chi connectivity index (χ1n) is 7.76. The number of benzene rings is 2. The number of hydrogen-bond acceptors (Lipinski definition) is 6. The average Bonchev–Trinajstić information content (AvgIpc) is 2.57. The molecule has 0 bridgehead atoms. The summed E-state index contributed by atoms with van der Waals surface area (Å²) in [7, 11) is 0. The van der Waals surface area contributed by atoms with Gasteiger partial charge in [0.1, 0.15) is 5.75 Å². The van der Waals surface area contributed by atoms with Crippen LogP contribution in [0.2, 0.25) is 0 Å². The number of rotatable bonds is 6. The Hall–Kier alpha value is -3.15. The third kappa shape index (κ3) is 4.19. The van der Waals surface area contributed by atoms with Crippen molar-refractivity contribution in [2.45, 2.75) is 19.9 Å². The van der Waals surface area contributed by atoms with Gasteiger partial charge < -0.3 is 15.4 Å². The Kier molecular flexibility index (Phi) is 4.86. The Morgan fingerprint density at radius 3 is 2.50 bits per heavy atom. The molecular weight excluding hydrogens is 302 g/mol. The summed E-state index contributed by atoms with van der Waals surface area (Å²) in [6.07, 6.45) is 1.57. The molecule has 6 heteroatoms. The molecule has 3 aromatic rings. The first kappa shape index (κ1) is 15.7. The van der Waals surface area contributed by atoms with Crippen molar-refractivity contribution in [3.63, 3.8) is 0 Å². The summed E-state index contributed by atoms with van der Waals surface area (Å²) in [5, 5.41) is 14.3. The minimum atomic E-state index is 0.232. The summed E-state index contributed by atoms with van der Waals surface area (Å²) in [5.41, 5.74) is 0.803. The Balaban J connectivity index is 1.80. The third-order valence-corrected chi connectivity index (χ3v) is 3.10. The zero-order valence-corrected chi connectivity index (χ0v) is 13.6. The molecule has 0 amide bonds. The highest BCUT2D eigenvalue weighted by molar-refractivity contribution is 5.64. The van der Waals surface area contributed by atoms with E-state index in [1.165, 1.54) is 0 Å². The van der Waals surface area contributed by atoms with E-state index in [1.54, 1.807) is 6.20 Å². The number of anilines is 3. The normalized spacial score (nSPS) is 10.5. The summed E-state index contributed by atoms with van der Waals surface area (Å²) in [4.78, 5) is 4.40. The number of ether oxygens (including phenoxy) is 1. The summed E-state index contributed by atoms with van der Waals surface area (Å²) in [6.45, 7) is 4.04. The maximum absolute atomic E-state index is 5.93. The molecule has 0 saturated carbocycles. The fourth-order valence-corrected chi connectivity index (χ4v) is 2.10. The highest BCUT2D eigenvalue weighted by Gasteiger charge is 2.07. The molecule has 0 aliphatic heterocycles. The fraction of sp³-hybridized carbons (Fsp3) is 0.167. The van der Waals surface area contributed by atoms with Crippen molar-refractivity contribution in [1.29, 1.82) is 0 Å². The van der Waals surface area contributed by atoms with E-state index in [0.717, 1.165) is 11.4 Å². The molecule has 1 heterocycles. The minimum Gasteiger partial charge on any atom is -0.455 e. The largest absolute Gasteiger partial charge is 0.455 e. The predicted molar refractivity (Wildman–Crippen MR) is 94.8 cm³/mol. The molecule has 0 radical (unpaired) electrons. The lowest BCUT2D eigenvalue weighted by molar-refractivity contribution is 0.485. The van der Waals surface area contributed by atoms with Crippen LogP contribution in [0, 0.1) is 0 Å². The second-order valence-electron chi connectivity index (χ2n) is 5.50. The number of nitrogens with one attached hydrogen (secondary N) is 2. The van der Waals surface area contributed by atoms with Gasteiger partial charge in [0, 0.05) is 6.04 Å². The van der Waals surface area contributed by atoms with Crippen LogP contribution in [-0.4, -0.2) is 21.2 Å². The summed E-state index contributed by atoms with van der Waals surface area (Å²) < 4.78 is 5.93. The van der Waals surface area contributed by atoms with E-state index in [-0.39, 0.29) is 6.04 Å². The molecule has 0 saturated heterocycles. The van der Waals surface area contributed by atoms with Gasteiger partial charge in [0.05, 0.1) is 11.9 Å². The second-order valence-corrected chi connectivity index (χ2v) is 5.50. The van der Waals surface area contributed by atoms with Crippen LogP contribution < -0.4 is 15.4 Å². The van der Waals surface area contributed by atoms with E-state index in [2.05, 4.69) is 25.8 Å². The van der Waals surface area contributed by atoms with E-state index in [4.69, 9.17) is 4.74 Å². The molecule has 122 valence electrons. The third-order valence-electron chi connectivity index (χ3n) is 3.10. The van der Waals surface area contributed by atoms with Crippen molar-refractivity contribution in [1.82, 2.24) is 15.2 Å². The Morgan fingerprint density at radius 2 is 1.71 bits per heavy atom. The van der Waals surface area contributed by atoms with E-state index in [9.17, 15) is 0 Å². The van der Waals surface area contributed by atoms with Crippen LogP contribution in [-0.2, 0) is 0 Å². The van der Waals surface area contributed by atoms with Crippen LogP contribution in [0.25, 0.3) is 0 Å². The SMILES string of the molecule is CC(C)Nc1nncc(Nc2ccccc2Oc2ccccc2)n1. The Morgan fingerprint density at radius 1 is 0.958 bits per heavy atom. The molecule has 6 nitrogen and oxygen atoms in total. The molecular formula is C18H19N5O. The molecule has 0 aliphatic carbocycles. The van der Waals surface area contributed by atoms with Crippen LogP contribution in [0.5, 0.6) is 11.5 Å². The molecule has 0 unspecified atom stereocenters. The zero-order valence-electron chi connectivity index (χ0n) is 13.6. The summed E-state index contributed by atoms with van der Waals surface area (Å²) >= 11 is 0. The standard InChI is InChI=1S/C18H19N5O/c1-13(2)20-18-22-17(12-19-23-18)21-15-10-6-7-11-16(15)24-14-8-4-3-5-9-14/h3-13H,1-2H3,(H2,20,21,22,23). The number of nitrogens with zero attached hydrogens (tertiary/aromatic N) is 3. The lowest BCUT2D eigenvalue weighted by atomic mass is 10.3. The molecule has 2 aromatic carbocycles. The van der Waals surface area contributed by atoms with Crippen LogP contribution in [0.1, 0.15) is 13.8 Å². The zero-order chi connectivity index (χ0) is 16.8. The van der Waals surface area contributed by atoms with Crippen molar-refractivity contribution in [2.75, 3.05) is 10.6 Å². The first-order chi connectivity index (χ1) is 11.7. The van der Waals surface area contributed by atoms with Gasteiger partial charge in [0.2, 0.25) is 5.95 Å². The molecule has 3 rings (SSSR count). The maximum atomic E-state index is 5.93. The Labute approximate surface area is 140 Å². The highest BCUT2D eigenvalue weighted by Crippen LogP contribution is 2.30.